The van der Waals surface area contributed by atoms with Gasteiger partial charge >= 0.3 is 6.18 Å². The lowest BCUT2D eigenvalue weighted by Gasteiger charge is -2.31. The van der Waals surface area contributed by atoms with E-state index in [1.54, 1.807) is 18.2 Å². The first kappa shape index (κ1) is 34.8. The number of amides is 2. The molecule has 240 valence electrons. The topological polar surface area (TPSA) is 142 Å². The number of fused-ring (bicyclic) bond motifs is 1. The number of nitrogens with two attached hydrogens (primary N) is 1. The van der Waals surface area contributed by atoms with Crippen molar-refractivity contribution in [1.82, 2.24) is 14.9 Å². The number of carbonyl (C=O) groups excluding carboxylic acids is 2. The van der Waals surface area contributed by atoms with Crippen LogP contribution in [0, 0.1) is 5.92 Å². The van der Waals surface area contributed by atoms with E-state index in [9.17, 15) is 36.3 Å². The van der Waals surface area contributed by atoms with Crippen LogP contribution in [0.2, 0.25) is 0 Å². The van der Waals surface area contributed by atoms with Crippen molar-refractivity contribution in [2.24, 2.45) is 5.92 Å². The van der Waals surface area contributed by atoms with Crippen molar-refractivity contribution in [3.05, 3.63) is 72.3 Å². The van der Waals surface area contributed by atoms with E-state index in [1.165, 1.54) is 28.6 Å². The van der Waals surface area contributed by atoms with Crippen molar-refractivity contribution >= 4 is 38.3 Å². The van der Waals surface area contributed by atoms with Gasteiger partial charge in [0.2, 0.25) is 21.8 Å². The fourth-order valence-corrected chi connectivity index (χ4v) is 6.71. The van der Waals surface area contributed by atoms with Gasteiger partial charge in [0.05, 0.1) is 11.5 Å². The standard InChI is InChI=1S/C31H39F3N4O5S/c1-21(2)19-38(44(42,43)26-14-12-24(35)13-15-26)25(20-39)10-6-16-36-30(41)28(37-29(40)18-31(32,33)34)17-23-9-5-8-22-7-3-4-11-27(22)23/h3-5,7-9,11-15,21,25,28,39H,6,10,16-20,35H2,1-2H3,(H,36,41)(H,37,40). The summed E-state index contributed by atoms with van der Waals surface area (Å²) in [5, 5.41) is 16.7. The number of sulfonamides is 1. The van der Waals surface area contributed by atoms with Crippen molar-refractivity contribution in [1.29, 1.82) is 0 Å². The van der Waals surface area contributed by atoms with E-state index in [2.05, 4.69) is 10.6 Å². The molecule has 44 heavy (non-hydrogen) atoms. The van der Waals surface area contributed by atoms with Crippen LogP contribution >= 0.6 is 0 Å². The Labute approximate surface area is 255 Å². The third-order valence-electron chi connectivity index (χ3n) is 6.98. The van der Waals surface area contributed by atoms with E-state index in [1.807, 2.05) is 38.1 Å². The predicted molar refractivity (Wildman–Crippen MR) is 163 cm³/mol. The van der Waals surface area contributed by atoms with Crippen LogP contribution < -0.4 is 16.4 Å². The summed E-state index contributed by atoms with van der Waals surface area (Å²) in [4.78, 5) is 25.4. The molecule has 3 aromatic carbocycles. The largest absolute Gasteiger partial charge is 0.399 e. The lowest BCUT2D eigenvalue weighted by atomic mass is 9.98. The first-order valence-electron chi connectivity index (χ1n) is 14.3. The van der Waals surface area contributed by atoms with Crippen LogP contribution in [-0.2, 0) is 26.0 Å². The summed E-state index contributed by atoms with van der Waals surface area (Å²) in [6, 6.07) is 16.4. The van der Waals surface area contributed by atoms with Gasteiger partial charge in [0.25, 0.3) is 0 Å². The average Bonchev–Trinajstić information content (AvgIpc) is 2.95. The Morgan fingerprint density at radius 3 is 2.30 bits per heavy atom. The Morgan fingerprint density at radius 2 is 1.66 bits per heavy atom. The molecule has 13 heteroatoms. The molecule has 0 heterocycles. The Morgan fingerprint density at radius 1 is 1.00 bits per heavy atom. The second-order valence-electron chi connectivity index (χ2n) is 11.1. The van der Waals surface area contributed by atoms with Crippen LogP contribution in [0.5, 0.6) is 0 Å². The number of nitrogens with zero attached hydrogens (tertiary/aromatic N) is 1. The van der Waals surface area contributed by atoms with Crippen LogP contribution in [-0.4, -0.2) is 67.6 Å². The Balaban J connectivity index is 1.71. The normalized spacial score (nSPS) is 13.6. The average molecular weight is 637 g/mol. The predicted octanol–water partition coefficient (Wildman–Crippen LogP) is 4.01. The molecule has 0 saturated heterocycles. The van der Waals surface area contributed by atoms with Gasteiger partial charge in [-0.25, -0.2) is 8.42 Å². The van der Waals surface area contributed by atoms with Crippen LogP contribution in [0.15, 0.2) is 71.6 Å². The first-order valence-corrected chi connectivity index (χ1v) is 15.7. The number of aliphatic hydroxyl groups excluding tert-OH is 1. The van der Waals surface area contributed by atoms with Crippen molar-refractivity contribution < 1.29 is 36.3 Å². The van der Waals surface area contributed by atoms with Crippen LogP contribution in [0.3, 0.4) is 0 Å². The van der Waals surface area contributed by atoms with Gasteiger partial charge in [-0.05, 0) is 59.4 Å². The minimum Gasteiger partial charge on any atom is -0.399 e. The molecule has 0 aromatic heterocycles. The molecule has 5 N–H and O–H groups in total. The van der Waals surface area contributed by atoms with Gasteiger partial charge in [0.1, 0.15) is 12.5 Å². The number of hydrogen-bond acceptors (Lipinski definition) is 6. The molecule has 2 atom stereocenters. The second-order valence-corrected chi connectivity index (χ2v) is 13.0. The van der Waals surface area contributed by atoms with Gasteiger partial charge in [-0.3, -0.25) is 9.59 Å². The molecule has 0 aliphatic carbocycles. The smallest absolute Gasteiger partial charge is 0.397 e. The number of alkyl halides is 3. The fraction of sp³-hybridized carbons (Fsp3) is 0.419. The molecule has 0 bridgehead atoms. The summed E-state index contributed by atoms with van der Waals surface area (Å²) in [5.74, 6) is -2.06. The molecule has 0 aliphatic heterocycles. The molecule has 9 nitrogen and oxygen atoms in total. The van der Waals surface area contributed by atoms with Gasteiger partial charge < -0.3 is 21.5 Å². The highest BCUT2D eigenvalue weighted by Gasteiger charge is 2.34. The fourth-order valence-electron chi connectivity index (χ4n) is 4.90. The first-order chi connectivity index (χ1) is 20.7. The number of halogens is 3. The number of anilines is 1. The maximum absolute atomic E-state index is 13.5. The van der Waals surface area contributed by atoms with Gasteiger partial charge in [0.15, 0.2) is 0 Å². The molecule has 0 aliphatic rings. The number of nitrogen functional groups attached to an aromatic ring is 1. The Bertz CT molecular complexity index is 1510. The molecule has 2 amide bonds. The maximum atomic E-state index is 13.5. The van der Waals surface area contributed by atoms with E-state index in [0.717, 1.165) is 10.8 Å². The number of rotatable bonds is 15. The van der Waals surface area contributed by atoms with E-state index in [4.69, 9.17) is 5.73 Å². The molecule has 0 fully saturated rings. The highest BCUT2D eigenvalue weighted by molar-refractivity contribution is 7.89. The molecule has 2 unspecified atom stereocenters. The van der Waals surface area contributed by atoms with Crippen molar-refractivity contribution in [2.45, 2.75) is 62.7 Å². The van der Waals surface area contributed by atoms with Crippen LogP contribution in [0.4, 0.5) is 18.9 Å². The quantitative estimate of drug-likeness (QED) is 0.147. The summed E-state index contributed by atoms with van der Waals surface area (Å²) in [7, 11) is -3.98. The third kappa shape index (κ3) is 9.93. The minimum atomic E-state index is -4.74. The summed E-state index contributed by atoms with van der Waals surface area (Å²) in [6.45, 7) is 3.41. The molecular weight excluding hydrogens is 597 g/mol. The van der Waals surface area contributed by atoms with Crippen molar-refractivity contribution in [2.75, 3.05) is 25.4 Å². The number of benzene rings is 3. The summed E-state index contributed by atoms with van der Waals surface area (Å²) in [6.07, 6.45) is -6.07. The highest BCUT2D eigenvalue weighted by atomic mass is 32.2. The maximum Gasteiger partial charge on any atom is 0.397 e. The van der Waals surface area contributed by atoms with Crippen molar-refractivity contribution in [3.63, 3.8) is 0 Å². The van der Waals surface area contributed by atoms with Crippen molar-refractivity contribution in [3.8, 4) is 0 Å². The van der Waals surface area contributed by atoms with Crippen LogP contribution in [0.1, 0.15) is 38.7 Å². The van der Waals surface area contributed by atoms with E-state index in [-0.39, 0.29) is 43.2 Å². The van der Waals surface area contributed by atoms with E-state index < -0.39 is 53.1 Å². The zero-order valence-electron chi connectivity index (χ0n) is 24.7. The van der Waals surface area contributed by atoms with Gasteiger partial charge in [0, 0.05) is 31.2 Å². The summed E-state index contributed by atoms with van der Waals surface area (Å²) < 4.78 is 66.8. The van der Waals surface area contributed by atoms with Gasteiger partial charge in [-0.1, -0.05) is 56.3 Å². The monoisotopic (exact) mass is 636 g/mol. The van der Waals surface area contributed by atoms with E-state index >= 15 is 0 Å². The molecule has 3 aromatic rings. The van der Waals surface area contributed by atoms with Gasteiger partial charge in [-0.2, -0.15) is 17.5 Å². The van der Waals surface area contributed by atoms with Gasteiger partial charge in [-0.15, -0.1) is 0 Å². The summed E-state index contributed by atoms with van der Waals surface area (Å²) in [5.41, 5.74) is 6.78. The Kier molecular flexibility index (Phi) is 12.1. The molecule has 3 rings (SSSR count). The SMILES string of the molecule is CC(C)CN(C(CO)CCCNC(=O)C(Cc1cccc2ccccc12)NC(=O)CC(F)(F)F)S(=O)(=O)c1ccc(N)cc1. The number of aliphatic hydroxyl groups is 1. The number of nitrogens with one attached hydrogen (secondary N) is 2. The highest BCUT2D eigenvalue weighted by Crippen LogP contribution is 2.24. The number of hydrogen-bond donors (Lipinski definition) is 4. The lowest BCUT2D eigenvalue weighted by Crippen LogP contribution is -2.49. The zero-order valence-corrected chi connectivity index (χ0v) is 25.5. The minimum absolute atomic E-state index is 0.0324. The molecule has 0 radical (unpaired) electrons. The zero-order chi connectivity index (χ0) is 32.5. The molecular formula is C31H39F3N4O5S. The lowest BCUT2D eigenvalue weighted by molar-refractivity contribution is -0.155. The number of carbonyl (C=O) groups is 2. The van der Waals surface area contributed by atoms with Crippen LogP contribution in [0.25, 0.3) is 10.8 Å². The summed E-state index contributed by atoms with van der Waals surface area (Å²) >= 11 is 0. The second kappa shape index (κ2) is 15.4. The molecule has 0 saturated carbocycles. The van der Waals surface area contributed by atoms with E-state index in [0.29, 0.717) is 11.3 Å². The Hall–Kier alpha value is -3.68. The molecule has 0 spiro atoms. The third-order valence-corrected chi connectivity index (χ3v) is 8.91.